The Kier molecular flexibility index (Phi) is 8.92. The van der Waals surface area contributed by atoms with Gasteiger partial charge in [-0.1, -0.05) is 0 Å². The molecule has 3 aromatic rings. The Labute approximate surface area is 242 Å². The first kappa shape index (κ1) is 31.1. The van der Waals surface area contributed by atoms with Crippen molar-refractivity contribution in [1.82, 2.24) is 0 Å². The topological polar surface area (TPSA) is 249 Å². The number of aliphatic hydroxyl groups is 7. The number of methoxy groups -OCH3 is 1. The first-order valence-corrected chi connectivity index (χ1v) is 13.3. The SMILES string of the molecule is COc1ccc(-c2cc(=O)c3c(O)c(C4OC(CO)C(O)C(O)C4OC4OC(CO)C(O)C(O)C4O)c(O)cc3o2)cc1. The molecule has 234 valence electrons. The zero-order valence-electron chi connectivity index (χ0n) is 22.6. The van der Waals surface area contributed by atoms with Crippen molar-refractivity contribution in [2.75, 3.05) is 20.3 Å². The lowest BCUT2D eigenvalue weighted by atomic mass is 9.89. The van der Waals surface area contributed by atoms with Crippen LogP contribution in [0.2, 0.25) is 0 Å². The van der Waals surface area contributed by atoms with E-state index in [2.05, 4.69) is 0 Å². The molecule has 43 heavy (non-hydrogen) atoms. The predicted octanol–water partition coefficient (Wildman–Crippen LogP) is -1.78. The Bertz CT molecular complexity index is 1490. The minimum Gasteiger partial charge on any atom is -0.507 e. The summed E-state index contributed by atoms with van der Waals surface area (Å²) in [7, 11) is 1.49. The standard InChI is InChI=1S/C28H32O15/c1-39-11-4-2-10(3-5-11)14-6-12(31)18-15(40-14)7-13(32)19(22(18)35)26-27(24(37)21(34)16(8-29)41-26)43-28-25(38)23(36)20(33)17(9-30)42-28/h2-7,16-17,20-21,23-30,32-38H,8-9H2,1H3. The number of rotatable bonds is 7. The minimum atomic E-state index is -1.92. The largest absolute Gasteiger partial charge is 0.507 e. The number of phenols is 2. The molecule has 10 unspecified atom stereocenters. The lowest BCUT2D eigenvalue weighted by Gasteiger charge is -2.46. The Hall–Kier alpha value is -3.35. The first-order chi connectivity index (χ1) is 20.5. The van der Waals surface area contributed by atoms with E-state index in [0.29, 0.717) is 11.3 Å². The fraction of sp³-hybridized carbons (Fsp3) is 0.464. The average molecular weight is 609 g/mol. The van der Waals surface area contributed by atoms with E-state index in [1.165, 1.54) is 7.11 Å². The summed E-state index contributed by atoms with van der Waals surface area (Å²) in [5, 5.41) is 93.4. The molecule has 15 heteroatoms. The highest BCUT2D eigenvalue weighted by Gasteiger charge is 2.52. The number of phenolic OH excluding ortho intramolecular Hbond substituents is 2. The highest BCUT2D eigenvalue weighted by molar-refractivity contribution is 5.88. The zero-order chi connectivity index (χ0) is 31.2. The van der Waals surface area contributed by atoms with Crippen molar-refractivity contribution >= 4 is 11.0 Å². The van der Waals surface area contributed by atoms with E-state index in [1.54, 1.807) is 24.3 Å². The molecule has 15 nitrogen and oxygen atoms in total. The van der Waals surface area contributed by atoms with Gasteiger partial charge in [0.15, 0.2) is 11.7 Å². The van der Waals surface area contributed by atoms with E-state index in [4.69, 9.17) is 23.4 Å². The summed E-state index contributed by atoms with van der Waals surface area (Å²) in [5.41, 5.74) is -0.920. The van der Waals surface area contributed by atoms with Gasteiger partial charge in [0.05, 0.1) is 25.9 Å². The number of hydrogen-bond donors (Lipinski definition) is 9. The van der Waals surface area contributed by atoms with Gasteiger partial charge in [-0.2, -0.15) is 0 Å². The molecule has 0 bridgehead atoms. The lowest BCUT2D eigenvalue weighted by molar-refractivity contribution is -0.342. The quantitative estimate of drug-likeness (QED) is 0.144. The molecule has 10 atom stereocenters. The van der Waals surface area contributed by atoms with Crippen molar-refractivity contribution in [2.45, 2.75) is 61.2 Å². The Morgan fingerprint density at radius 3 is 2.07 bits per heavy atom. The molecule has 1 aromatic heterocycles. The molecule has 0 spiro atoms. The fourth-order valence-electron chi connectivity index (χ4n) is 5.29. The highest BCUT2D eigenvalue weighted by atomic mass is 16.7. The van der Waals surface area contributed by atoms with Crippen LogP contribution in [0.5, 0.6) is 17.2 Å². The van der Waals surface area contributed by atoms with Gasteiger partial charge in [0.1, 0.15) is 88.9 Å². The molecular weight excluding hydrogens is 576 g/mol. The lowest BCUT2D eigenvalue weighted by Crippen LogP contribution is -2.62. The number of hydrogen-bond acceptors (Lipinski definition) is 15. The molecule has 0 radical (unpaired) electrons. The van der Waals surface area contributed by atoms with Crippen LogP contribution in [0.1, 0.15) is 11.7 Å². The van der Waals surface area contributed by atoms with Crippen molar-refractivity contribution in [1.29, 1.82) is 0 Å². The van der Waals surface area contributed by atoms with E-state index < -0.39 is 96.9 Å². The summed E-state index contributed by atoms with van der Waals surface area (Å²) in [5.74, 6) is -0.831. The zero-order valence-corrected chi connectivity index (χ0v) is 22.6. The van der Waals surface area contributed by atoms with Crippen LogP contribution in [0.3, 0.4) is 0 Å². The minimum absolute atomic E-state index is 0.114. The van der Waals surface area contributed by atoms with Crippen LogP contribution >= 0.6 is 0 Å². The third kappa shape index (κ3) is 5.56. The third-order valence-electron chi connectivity index (χ3n) is 7.68. The van der Waals surface area contributed by atoms with Gasteiger partial charge in [-0.05, 0) is 24.3 Å². The second-order valence-electron chi connectivity index (χ2n) is 10.3. The summed E-state index contributed by atoms with van der Waals surface area (Å²) < 4.78 is 27.7. The average Bonchev–Trinajstić information content (AvgIpc) is 2.99. The van der Waals surface area contributed by atoms with Crippen LogP contribution in [-0.2, 0) is 14.2 Å². The Morgan fingerprint density at radius 1 is 0.814 bits per heavy atom. The van der Waals surface area contributed by atoms with E-state index in [-0.39, 0.29) is 16.7 Å². The van der Waals surface area contributed by atoms with Crippen LogP contribution in [0.15, 0.2) is 45.6 Å². The smallest absolute Gasteiger partial charge is 0.197 e. The van der Waals surface area contributed by atoms with Gasteiger partial charge in [-0.25, -0.2) is 0 Å². The molecule has 5 rings (SSSR count). The van der Waals surface area contributed by atoms with E-state index in [1.807, 2.05) is 0 Å². The van der Waals surface area contributed by atoms with Gasteiger partial charge in [0.2, 0.25) is 0 Å². The fourth-order valence-corrected chi connectivity index (χ4v) is 5.29. The van der Waals surface area contributed by atoms with Crippen molar-refractivity contribution in [3.8, 4) is 28.6 Å². The van der Waals surface area contributed by atoms with Gasteiger partial charge in [-0.3, -0.25) is 4.79 Å². The maximum Gasteiger partial charge on any atom is 0.197 e. The number of fused-ring (bicyclic) bond motifs is 1. The summed E-state index contributed by atoms with van der Waals surface area (Å²) >= 11 is 0. The number of aromatic hydroxyl groups is 2. The van der Waals surface area contributed by atoms with Crippen molar-refractivity contribution in [2.24, 2.45) is 0 Å². The second kappa shape index (κ2) is 12.3. The summed E-state index contributed by atoms with van der Waals surface area (Å²) in [6.07, 6.45) is -17.3. The molecule has 2 aromatic carbocycles. The summed E-state index contributed by atoms with van der Waals surface area (Å²) in [4.78, 5) is 13.2. The molecule has 2 fully saturated rings. The molecule has 2 saturated heterocycles. The second-order valence-corrected chi connectivity index (χ2v) is 10.3. The van der Waals surface area contributed by atoms with Crippen LogP contribution in [0.4, 0.5) is 0 Å². The third-order valence-corrected chi connectivity index (χ3v) is 7.68. The van der Waals surface area contributed by atoms with Crippen LogP contribution in [0.25, 0.3) is 22.3 Å². The highest BCUT2D eigenvalue weighted by Crippen LogP contribution is 2.46. The van der Waals surface area contributed by atoms with Crippen molar-refractivity contribution < 1.29 is 69.3 Å². The van der Waals surface area contributed by atoms with Crippen LogP contribution in [0, 0.1) is 0 Å². The Morgan fingerprint density at radius 2 is 1.44 bits per heavy atom. The summed E-state index contributed by atoms with van der Waals surface area (Å²) in [6, 6.07) is 8.70. The molecule has 2 aliphatic rings. The maximum absolute atomic E-state index is 13.2. The van der Waals surface area contributed by atoms with Gasteiger partial charge in [0.25, 0.3) is 0 Å². The van der Waals surface area contributed by atoms with E-state index in [0.717, 1.165) is 12.1 Å². The molecule has 3 heterocycles. The van der Waals surface area contributed by atoms with Crippen molar-refractivity contribution in [3.05, 3.63) is 52.2 Å². The van der Waals surface area contributed by atoms with Crippen molar-refractivity contribution in [3.63, 3.8) is 0 Å². The molecule has 9 N–H and O–H groups in total. The maximum atomic E-state index is 13.2. The number of aliphatic hydroxyl groups excluding tert-OH is 7. The van der Waals surface area contributed by atoms with E-state index >= 15 is 0 Å². The van der Waals surface area contributed by atoms with Gasteiger partial charge in [-0.15, -0.1) is 0 Å². The molecule has 2 aliphatic heterocycles. The normalized spacial score (nSPS) is 33.0. The monoisotopic (exact) mass is 608 g/mol. The molecule has 0 amide bonds. The number of ether oxygens (including phenoxy) is 4. The van der Waals surface area contributed by atoms with E-state index in [9.17, 15) is 50.8 Å². The summed E-state index contributed by atoms with van der Waals surface area (Å²) in [6.45, 7) is -1.60. The molecule has 0 saturated carbocycles. The molecule has 0 aliphatic carbocycles. The van der Waals surface area contributed by atoms with Gasteiger partial charge >= 0.3 is 0 Å². The Balaban J connectivity index is 1.57. The predicted molar refractivity (Wildman–Crippen MR) is 143 cm³/mol. The van der Waals surface area contributed by atoms with Gasteiger partial charge < -0.3 is 69.3 Å². The van der Waals surface area contributed by atoms with Gasteiger partial charge in [0, 0.05) is 17.7 Å². The molecular formula is C28H32O15. The number of benzene rings is 2. The van der Waals surface area contributed by atoms with Crippen LogP contribution < -0.4 is 10.2 Å². The van der Waals surface area contributed by atoms with Crippen LogP contribution in [-0.4, -0.2) is 121 Å². The first-order valence-electron chi connectivity index (χ1n) is 13.3.